The number of aromatic nitrogens is 2. The number of alkyl halides is 3. The highest BCUT2D eigenvalue weighted by Gasteiger charge is 2.38. The summed E-state index contributed by atoms with van der Waals surface area (Å²) in [6, 6.07) is 7.33. The van der Waals surface area contributed by atoms with E-state index in [1.165, 1.54) is 7.11 Å². The first-order valence-corrected chi connectivity index (χ1v) is 10.9. The lowest BCUT2D eigenvalue weighted by Crippen LogP contribution is -2.36. The Bertz CT molecular complexity index is 1020. The van der Waals surface area contributed by atoms with Crippen LogP contribution in [0.2, 0.25) is 0 Å². The van der Waals surface area contributed by atoms with Crippen LogP contribution in [-0.4, -0.2) is 42.1 Å². The minimum Gasteiger partial charge on any atom is -0.497 e. The summed E-state index contributed by atoms with van der Waals surface area (Å²) < 4.78 is 52.1. The number of hydrogen-bond donors (Lipinski definition) is 0. The smallest absolute Gasteiger partial charge is 0.421 e. The van der Waals surface area contributed by atoms with E-state index in [1.807, 2.05) is 6.92 Å². The Labute approximate surface area is 190 Å². The third-order valence-corrected chi connectivity index (χ3v) is 5.66. The van der Waals surface area contributed by atoms with Crippen molar-refractivity contribution >= 4 is 11.8 Å². The molecule has 1 saturated heterocycles. The van der Waals surface area contributed by atoms with Crippen LogP contribution < -0.4 is 15.2 Å². The van der Waals surface area contributed by atoms with Gasteiger partial charge in [0.15, 0.2) is 0 Å². The number of ether oxygens (including phenoxy) is 2. The van der Waals surface area contributed by atoms with Gasteiger partial charge in [-0.1, -0.05) is 19.1 Å². The Kier molecular flexibility index (Phi) is 7.65. The van der Waals surface area contributed by atoms with Crippen molar-refractivity contribution in [2.75, 3.05) is 25.2 Å². The average Bonchev–Trinajstić information content (AvgIpc) is 3.14. The maximum Gasteiger partial charge on any atom is 0.421 e. The zero-order chi connectivity index (χ0) is 24.2. The highest BCUT2D eigenvalue weighted by atomic mass is 19.4. The number of anilines is 1. The minimum absolute atomic E-state index is 0.0774. The lowest BCUT2D eigenvalue weighted by Gasteiger charge is -2.26. The topological polar surface area (TPSA) is 73.7 Å². The summed E-state index contributed by atoms with van der Waals surface area (Å²) in [4.78, 5) is 26.2. The van der Waals surface area contributed by atoms with Crippen LogP contribution >= 0.6 is 0 Å². The van der Waals surface area contributed by atoms with Crippen molar-refractivity contribution in [3.05, 3.63) is 51.8 Å². The number of methoxy groups -OCH3 is 1. The number of carbonyl (C=O) groups excluding carboxylic acids is 1. The Morgan fingerprint density at radius 2 is 1.94 bits per heavy atom. The number of halogens is 3. The third-order valence-electron chi connectivity index (χ3n) is 5.66. The molecular weight excluding hydrogens is 439 g/mol. The molecule has 2 atom stereocenters. The van der Waals surface area contributed by atoms with Gasteiger partial charge in [0.25, 0.3) is 5.56 Å². The van der Waals surface area contributed by atoms with Crippen LogP contribution in [0.1, 0.15) is 44.2 Å². The van der Waals surface area contributed by atoms with Crippen molar-refractivity contribution < 1.29 is 27.4 Å². The highest BCUT2D eigenvalue weighted by Crippen LogP contribution is 2.33. The van der Waals surface area contributed by atoms with Crippen molar-refractivity contribution in [3.63, 3.8) is 0 Å². The highest BCUT2D eigenvalue weighted by molar-refractivity contribution is 5.69. The predicted octanol–water partition coefficient (Wildman–Crippen LogP) is 3.88. The number of rotatable bonds is 8. The van der Waals surface area contributed by atoms with Gasteiger partial charge in [0.1, 0.15) is 17.1 Å². The standard InChI is InChI=1S/C23H28F3N3O4/c1-4-33-21(30)10-7-17-11-15(2)13-28(17)20-12-19(23(24,25)26)22(31)29(27-20)14-16-5-8-18(32-3)9-6-16/h5-6,8-9,12,15,17H,4,7,10-11,13-14H2,1-3H3/t15-,17+/m0/s1. The van der Waals surface area contributed by atoms with Gasteiger partial charge in [-0.15, -0.1) is 0 Å². The van der Waals surface area contributed by atoms with Gasteiger partial charge in [-0.25, -0.2) is 4.68 Å². The van der Waals surface area contributed by atoms with Gasteiger partial charge in [-0.05, 0) is 43.4 Å². The van der Waals surface area contributed by atoms with Crippen LogP contribution in [0, 0.1) is 5.92 Å². The molecule has 2 heterocycles. The van der Waals surface area contributed by atoms with E-state index >= 15 is 0 Å². The Morgan fingerprint density at radius 3 is 2.55 bits per heavy atom. The quantitative estimate of drug-likeness (QED) is 0.549. The van der Waals surface area contributed by atoms with Crippen molar-refractivity contribution in [3.8, 4) is 5.75 Å². The normalized spacial score (nSPS) is 18.4. The summed E-state index contributed by atoms with van der Waals surface area (Å²) in [6.07, 6.45) is -3.51. The van der Waals surface area contributed by atoms with Gasteiger partial charge >= 0.3 is 12.1 Å². The summed E-state index contributed by atoms with van der Waals surface area (Å²) in [5.74, 6) is 0.536. The molecule has 1 aliphatic heterocycles. The molecule has 0 bridgehead atoms. The molecule has 2 aromatic rings. The SMILES string of the molecule is CCOC(=O)CC[C@@H]1C[C@H](C)CN1c1cc(C(F)(F)F)c(=O)n(Cc2ccc(OC)cc2)n1. The number of esters is 1. The van der Waals surface area contributed by atoms with Crippen LogP contribution in [0.3, 0.4) is 0 Å². The van der Waals surface area contributed by atoms with Crippen molar-refractivity contribution in [2.24, 2.45) is 5.92 Å². The lowest BCUT2D eigenvalue weighted by molar-refractivity contribution is -0.143. The molecule has 1 aromatic carbocycles. The molecule has 0 aliphatic carbocycles. The molecule has 7 nitrogen and oxygen atoms in total. The molecule has 1 fully saturated rings. The van der Waals surface area contributed by atoms with Gasteiger partial charge in [-0.3, -0.25) is 9.59 Å². The Hall–Kier alpha value is -3.04. The van der Waals surface area contributed by atoms with E-state index < -0.39 is 17.3 Å². The number of hydrogen-bond acceptors (Lipinski definition) is 6. The fourth-order valence-electron chi connectivity index (χ4n) is 4.11. The Balaban J connectivity index is 1.95. The number of nitrogens with zero attached hydrogens (tertiary/aromatic N) is 3. The molecule has 0 spiro atoms. The zero-order valence-corrected chi connectivity index (χ0v) is 18.9. The van der Waals surface area contributed by atoms with E-state index in [0.29, 0.717) is 30.7 Å². The summed E-state index contributed by atoms with van der Waals surface area (Å²) in [7, 11) is 1.51. The molecule has 1 aromatic heterocycles. The monoisotopic (exact) mass is 467 g/mol. The molecule has 1 aliphatic rings. The van der Waals surface area contributed by atoms with E-state index in [2.05, 4.69) is 5.10 Å². The summed E-state index contributed by atoms with van der Waals surface area (Å²) in [5.41, 5.74) is -1.84. The largest absolute Gasteiger partial charge is 0.497 e. The first kappa shape index (κ1) is 24.6. The van der Waals surface area contributed by atoms with Gasteiger partial charge in [0.05, 0.1) is 20.3 Å². The van der Waals surface area contributed by atoms with Crippen LogP contribution in [0.25, 0.3) is 0 Å². The maximum absolute atomic E-state index is 13.7. The fourth-order valence-corrected chi connectivity index (χ4v) is 4.11. The van der Waals surface area contributed by atoms with Gasteiger partial charge in [-0.2, -0.15) is 18.3 Å². The minimum atomic E-state index is -4.82. The van der Waals surface area contributed by atoms with E-state index in [9.17, 15) is 22.8 Å². The summed E-state index contributed by atoms with van der Waals surface area (Å²) in [6.45, 7) is 4.36. The molecule has 0 radical (unpaired) electrons. The fraction of sp³-hybridized carbons (Fsp3) is 0.522. The second kappa shape index (κ2) is 10.3. The van der Waals surface area contributed by atoms with Crippen molar-refractivity contribution in [1.29, 1.82) is 0 Å². The molecule has 180 valence electrons. The third kappa shape index (κ3) is 6.06. The number of benzene rings is 1. The van der Waals surface area contributed by atoms with Crippen LogP contribution in [0.15, 0.2) is 35.1 Å². The molecule has 0 saturated carbocycles. The first-order valence-electron chi connectivity index (χ1n) is 10.9. The molecule has 0 unspecified atom stereocenters. The van der Waals surface area contributed by atoms with E-state index in [-0.39, 0.29) is 43.3 Å². The van der Waals surface area contributed by atoms with E-state index in [0.717, 1.165) is 10.7 Å². The summed E-state index contributed by atoms with van der Waals surface area (Å²) in [5, 5.41) is 4.30. The molecule has 10 heteroatoms. The molecule has 3 rings (SSSR count). The molecular formula is C23H28F3N3O4. The Morgan fingerprint density at radius 1 is 1.24 bits per heavy atom. The lowest BCUT2D eigenvalue weighted by atomic mass is 10.0. The maximum atomic E-state index is 13.7. The van der Waals surface area contributed by atoms with Gasteiger partial charge in [0.2, 0.25) is 0 Å². The van der Waals surface area contributed by atoms with Gasteiger partial charge < -0.3 is 14.4 Å². The average molecular weight is 467 g/mol. The second-order valence-corrected chi connectivity index (χ2v) is 8.22. The van der Waals surface area contributed by atoms with Crippen molar-refractivity contribution in [1.82, 2.24) is 9.78 Å². The number of carbonyl (C=O) groups is 1. The van der Waals surface area contributed by atoms with Crippen LogP contribution in [0.4, 0.5) is 19.0 Å². The zero-order valence-electron chi connectivity index (χ0n) is 18.9. The summed E-state index contributed by atoms with van der Waals surface area (Å²) >= 11 is 0. The van der Waals surface area contributed by atoms with Crippen LogP contribution in [-0.2, 0) is 22.3 Å². The van der Waals surface area contributed by atoms with Crippen LogP contribution in [0.5, 0.6) is 5.75 Å². The van der Waals surface area contributed by atoms with E-state index in [4.69, 9.17) is 9.47 Å². The van der Waals surface area contributed by atoms with Crippen molar-refractivity contribution in [2.45, 2.75) is 51.9 Å². The first-order chi connectivity index (χ1) is 15.6. The van der Waals surface area contributed by atoms with E-state index in [1.54, 1.807) is 36.1 Å². The van der Waals surface area contributed by atoms with Gasteiger partial charge in [0, 0.05) is 25.1 Å². The molecule has 0 amide bonds. The predicted molar refractivity (Wildman–Crippen MR) is 116 cm³/mol. The second-order valence-electron chi connectivity index (χ2n) is 8.22. The molecule has 33 heavy (non-hydrogen) atoms. The molecule has 0 N–H and O–H groups in total.